The Bertz CT molecular complexity index is 946. The summed E-state index contributed by atoms with van der Waals surface area (Å²) >= 11 is 0. The molecule has 0 atom stereocenters. The smallest absolute Gasteiger partial charge is 0.216 e. The Morgan fingerprint density at radius 3 is 1.44 bits per heavy atom. The van der Waals surface area contributed by atoms with E-state index in [0.29, 0.717) is 36.2 Å². The fourth-order valence-electron chi connectivity index (χ4n) is 4.05. The predicted octanol–water partition coefficient (Wildman–Crippen LogP) is 8.66. The third-order valence-corrected chi connectivity index (χ3v) is 5.80. The van der Waals surface area contributed by atoms with E-state index in [0.717, 1.165) is 48.0 Å². The molecule has 4 rings (SSSR count). The summed E-state index contributed by atoms with van der Waals surface area (Å²) in [5.74, 6) is 4.09. The molecule has 170 valence electrons. The maximum absolute atomic E-state index is 6.35. The van der Waals surface area contributed by atoms with Gasteiger partial charge in [0.05, 0.1) is 13.2 Å². The largest absolute Gasteiger partial charge is 0.489 e. The van der Waals surface area contributed by atoms with Crippen LogP contribution in [0.2, 0.25) is 0 Å². The zero-order valence-electron chi connectivity index (χ0n) is 19.3. The molecule has 0 aromatic heterocycles. The number of fused-ring (bicyclic) bond motifs is 3. The molecule has 0 N–H and O–H groups in total. The molecular weight excluding hydrogens is 400 g/mol. The highest BCUT2D eigenvalue weighted by Gasteiger charge is 2.30. The van der Waals surface area contributed by atoms with Crippen LogP contribution >= 0.6 is 0 Å². The van der Waals surface area contributed by atoms with Crippen LogP contribution in [-0.2, 0) is 0 Å². The topological polar surface area (TPSA) is 36.9 Å². The fourth-order valence-corrected chi connectivity index (χ4v) is 4.05. The molecule has 0 radical (unpaired) electrons. The molecule has 1 aliphatic heterocycles. The zero-order chi connectivity index (χ0) is 22.2. The number of unbranched alkanes of at least 4 members (excludes halogenated alkanes) is 6. The first-order chi connectivity index (χ1) is 15.8. The first-order valence-corrected chi connectivity index (χ1v) is 12.1. The Kier molecular flexibility index (Phi) is 7.76. The van der Waals surface area contributed by atoms with Gasteiger partial charge < -0.3 is 18.9 Å². The maximum Gasteiger partial charge on any atom is 0.216 e. The van der Waals surface area contributed by atoms with Crippen molar-refractivity contribution in [1.29, 1.82) is 0 Å². The Balaban J connectivity index is 1.70. The van der Waals surface area contributed by atoms with Crippen molar-refractivity contribution < 1.29 is 18.9 Å². The van der Waals surface area contributed by atoms with Gasteiger partial charge in [-0.05, 0) is 25.0 Å². The number of rotatable bonds is 12. The highest BCUT2D eigenvalue weighted by atomic mass is 16.6. The lowest BCUT2D eigenvalue weighted by atomic mass is 10.1. The van der Waals surface area contributed by atoms with Crippen molar-refractivity contribution in [3.8, 4) is 34.5 Å². The lowest BCUT2D eigenvalue weighted by Crippen LogP contribution is -2.07. The Morgan fingerprint density at radius 1 is 0.562 bits per heavy atom. The molecule has 0 saturated carbocycles. The van der Waals surface area contributed by atoms with Gasteiger partial charge in [-0.3, -0.25) is 0 Å². The second-order valence-electron chi connectivity index (χ2n) is 8.33. The van der Waals surface area contributed by atoms with Gasteiger partial charge in [-0.2, -0.15) is 0 Å². The van der Waals surface area contributed by atoms with Gasteiger partial charge in [0.2, 0.25) is 11.5 Å². The van der Waals surface area contributed by atoms with Crippen molar-refractivity contribution in [2.75, 3.05) is 13.2 Å². The van der Waals surface area contributed by atoms with E-state index in [1.807, 2.05) is 36.4 Å². The lowest BCUT2D eigenvalue weighted by Gasteiger charge is -2.26. The standard InChI is InChI=1S/C28H34O4/c1-3-5-7-13-19-29-25-21-15-9-10-16-22(21)26(30-20-14-8-6-4-2)28-27(25)31-23-17-11-12-18-24(23)32-28/h9-12,15-18H,3-8,13-14,19-20H2,1-2H3. The van der Waals surface area contributed by atoms with E-state index in [1.165, 1.54) is 25.7 Å². The summed E-state index contributed by atoms with van der Waals surface area (Å²) in [6, 6.07) is 15.9. The van der Waals surface area contributed by atoms with Gasteiger partial charge in [0, 0.05) is 10.8 Å². The van der Waals surface area contributed by atoms with E-state index in [2.05, 4.69) is 26.0 Å². The molecule has 3 aromatic rings. The molecule has 0 fully saturated rings. The van der Waals surface area contributed by atoms with Gasteiger partial charge in [0.15, 0.2) is 23.0 Å². The van der Waals surface area contributed by atoms with Crippen LogP contribution in [0.15, 0.2) is 48.5 Å². The van der Waals surface area contributed by atoms with Gasteiger partial charge in [-0.1, -0.05) is 88.8 Å². The van der Waals surface area contributed by atoms with E-state index < -0.39 is 0 Å². The van der Waals surface area contributed by atoms with Crippen LogP contribution in [0.1, 0.15) is 65.2 Å². The average Bonchev–Trinajstić information content (AvgIpc) is 2.83. The normalized spacial score (nSPS) is 11.9. The second kappa shape index (κ2) is 11.1. The summed E-state index contributed by atoms with van der Waals surface area (Å²) < 4.78 is 25.4. The second-order valence-corrected chi connectivity index (χ2v) is 8.33. The molecular formula is C28H34O4. The zero-order valence-corrected chi connectivity index (χ0v) is 19.3. The van der Waals surface area contributed by atoms with Gasteiger partial charge >= 0.3 is 0 Å². The Morgan fingerprint density at radius 2 is 1.00 bits per heavy atom. The molecule has 0 unspecified atom stereocenters. The fraction of sp³-hybridized carbons (Fsp3) is 0.429. The van der Waals surface area contributed by atoms with Gasteiger partial charge in [0.1, 0.15) is 0 Å². The number of ether oxygens (including phenoxy) is 4. The molecule has 1 heterocycles. The highest BCUT2D eigenvalue weighted by molar-refractivity contribution is 5.99. The Labute approximate surface area is 191 Å². The average molecular weight is 435 g/mol. The van der Waals surface area contributed by atoms with E-state index >= 15 is 0 Å². The minimum absolute atomic E-state index is 0.612. The molecule has 1 aliphatic rings. The molecule has 32 heavy (non-hydrogen) atoms. The van der Waals surface area contributed by atoms with E-state index in [1.54, 1.807) is 0 Å². The van der Waals surface area contributed by atoms with Crippen LogP contribution in [0, 0.1) is 0 Å². The molecule has 0 aliphatic carbocycles. The van der Waals surface area contributed by atoms with Crippen LogP contribution in [0.25, 0.3) is 10.8 Å². The van der Waals surface area contributed by atoms with Crippen LogP contribution in [0.5, 0.6) is 34.5 Å². The highest BCUT2D eigenvalue weighted by Crippen LogP contribution is 2.57. The number of para-hydroxylation sites is 2. The SMILES string of the molecule is CCCCCCOc1c2c(c(OCCCCCC)c3ccccc13)Oc1ccccc1O2. The molecule has 4 nitrogen and oxygen atoms in total. The third-order valence-electron chi connectivity index (χ3n) is 5.80. The summed E-state index contributed by atoms with van der Waals surface area (Å²) in [7, 11) is 0. The van der Waals surface area contributed by atoms with Crippen molar-refractivity contribution in [2.45, 2.75) is 65.2 Å². The summed E-state index contributed by atoms with van der Waals surface area (Å²) in [5, 5.41) is 1.99. The molecule has 4 heteroatoms. The predicted molar refractivity (Wildman–Crippen MR) is 130 cm³/mol. The first-order valence-electron chi connectivity index (χ1n) is 12.1. The van der Waals surface area contributed by atoms with Crippen LogP contribution in [0.4, 0.5) is 0 Å². The minimum atomic E-state index is 0.612. The van der Waals surface area contributed by atoms with Crippen molar-refractivity contribution in [3.63, 3.8) is 0 Å². The molecule has 3 aromatic carbocycles. The monoisotopic (exact) mass is 434 g/mol. The molecule has 0 spiro atoms. The van der Waals surface area contributed by atoms with Crippen LogP contribution < -0.4 is 18.9 Å². The van der Waals surface area contributed by atoms with E-state index in [4.69, 9.17) is 18.9 Å². The molecule has 0 saturated heterocycles. The lowest BCUT2D eigenvalue weighted by molar-refractivity contribution is 0.264. The number of hydrogen-bond acceptors (Lipinski definition) is 4. The Hall–Kier alpha value is -2.88. The van der Waals surface area contributed by atoms with Crippen molar-refractivity contribution in [2.24, 2.45) is 0 Å². The van der Waals surface area contributed by atoms with E-state index in [9.17, 15) is 0 Å². The van der Waals surface area contributed by atoms with Crippen molar-refractivity contribution in [3.05, 3.63) is 48.5 Å². The maximum atomic E-state index is 6.35. The summed E-state index contributed by atoms with van der Waals surface area (Å²) in [6.07, 6.45) is 9.21. The molecule has 0 amide bonds. The third kappa shape index (κ3) is 4.95. The van der Waals surface area contributed by atoms with Crippen LogP contribution in [-0.4, -0.2) is 13.2 Å². The number of hydrogen-bond donors (Lipinski definition) is 0. The number of benzene rings is 3. The van der Waals surface area contributed by atoms with Crippen LogP contribution in [0.3, 0.4) is 0 Å². The quantitative estimate of drug-likeness (QED) is 0.209. The van der Waals surface area contributed by atoms with Gasteiger partial charge in [0.25, 0.3) is 0 Å². The van der Waals surface area contributed by atoms with E-state index in [-0.39, 0.29) is 0 Å². The van der Waals surface area contributed by atoms with Gasteiger partial charge in [-0.25, -0.2) is 0 Å². The molecule has 0 bridgehead atoms. The van der Waals surface area contributed by atoms with Crippen molar-refractivity contribution in [1.82, 2.24) is 0 Å². The summed E-state index contributed by atoms with van der Waals surface area (Å²) in [6.45, 7) is 5.74. The first kappa shape index (κ1) is 22.3. The van der Waals surface area contributed by atoms with Gasteiger partial charge in [-0.15, -0.1) is 0 Å². The van der Waals surface area contributed by atoms with Crippen molar-refractivity contribution >= 4 is 10.8 Å². The minimum Gasteiger partial charge on any atom is -0.489 e. The summed E-state index contributed by atoms with van der Waals surface area (Å²) in [4.78, 5) is 0. The summed E-state index contributed by atoms with van der Waals surface area (Å²) in [5.41, 5.74) is 0.